The Balaban J connectivity index is 1.51. The number of rotatable bonds is 8. The van der Waals surface area contributed by atoms with E-state index in [1.807, 2.05) is 31.2 Å². The zero-order valence-corrected chi connectivity index (χ0v) is 19.3. The fourth-order valence-corrected chi connectivity index (χ4v) is 4.24. The predicted octanol–water partition coefficient (Wildman–Crippen LogP) is 4.27. The van der Waals surface area contributed by atoms with Crippen LogP contribution in [0.3, 0.4) is 0 Å². The van der Waals surface area contributed by atoms with E-state index in [9.17, 15) is 9.18 Å². The highest BCUT2D eigenvalue weighted by Crippen LogP contribution is 2.34. The monoisotopic (exact) mass is 466 g/mol. The Labute approximate surface area is 194 Å². The molecule has 2 aromatic carbocycles. The zero-order chi connectivity index (χ0) is 23.4. The molecule has 0 unspecified atom stereocenters. The summed E-state index contributed by atoms with van der Waals surface area (Å²) >= 11 is 1.38. The highest BCUT2D eigenvalue weighted by atomic mass is 32.2. The van der Waals surface area contributed by atoms with Crippen molar-refractivity contribution in [1.29, 1.82) is 0 Å². The summed E-state index contributed by atoms with van der Waals surface area (Å²) < 4.78 is 25.5. The summed E-state index contributed by atoms with van der Waals surface area (Å²) in [5, 5.41) is 8.17. The SMILES string of the molecule is COc1ccc(-c2cnn3c(SCC(=O)NCc4ccc(F)cc4)cc(C)nc23)cc1OC. The maximum absolute atomic E-state index is 13.0. The number of ether oxygens (including phenoxy) is 2. The molecule has 0 radical (unpaired) electrons. The Morgan fingerprint density at radius 1 is 1.09 bits per heavy atom. The van der Waals surface area contributed by atoms with Gasteiger partial charge in [-0.2, -0.15) is 5.10 Å². The molecule has 0 aliphatic heterocycles. The average molecular weight is 467 g/mol. The Morgan fingerprint density at radius 3 is 2.58 bits per heavy atom. The van der Waals surface area contributed by atoms with Gasteiger partial charge < -0.3 is 14.8 Å². The van der Waals surface area contributed by atoms with Gasteiger partial charge in [0.05, 0.1) is 26.2 Å². The predicted molar refractivity (Wildman–Crippen MR) is 125 cm³/mol. The van der Waals surface area contributed by atoms with Gasteiger partial charge in [-0.1, -0.05) is 30.0 Å². The van der Waals surface area contributed by atoms with Crippen molar-refractivity contribution in [2.45, 2.75) is 18.5 Å². The maximum atomic E-state index is 13.0. The summed E-state index contributed by atoms with van der Waals surface area (Å²) in [4.78, 5) is 17.0. The second-order valence-corrected chi connectivity index (χ2v) is 8.29. The van der Waals surface area contributed by atoms with Crippen molar-refractivity contribution in [2.24, 2.45) is 0 Å². The highest BCUT2D eigenvalue weighted by molar-refractivity contribution is 7.99. The van der Waals surface area contributed by atoms with E-state index >= 15 is 0 Å². The second kappa shape index (κ2) is 9.91. The van der Waals surface area contributed by atoms with Crippen LogP contribution in [0.25, 0.3) is 16.8 Å². The first kappa shape index (κ1) is 22.6. The van der Waals surface area contributed by atoms with Gasteiger partial charge >= 0.3 is 0 Å². The molecule has 0 aliphatic carbocycles. The normalized spacial score (nSPS) is 10.9. The number of methoxy groups -OCH3 is 2. The van der Waals surface area contributed by atoms with Gasteiger partial charge in [0.15, 0.2) is 17.1 Å². The molecule has 0 saturated heterocycles. The molecule has 4 aromatic rings. The second-order valence-electron chi connectivity index (χ2n) is 7.29. The van der Waals surface area contributed by atoms with Crippen LogP contribution in [0.1, 0.15) is 11.3 Å². The number of nitrogens with zero attached hydrogens (tertiary/aromatic N) is 3. The van der Waals surface area contributed by atoms with E-state index in [1.54, 1.807) is 37.1 Å². The summed E-state index contributed by atoms with van der Waals surface area (Å²) in [5.41, 5.74) is 4.09. The quantitative estimate of drug-likeness (QED) is 0.309. The smallest absolute Gasteiger partial charge is 0.230 e. The number of thioether (sulfide) groups is 1. The molecule has 0 saturated carbocycles. The summed E-state index contributed by atoms with van der Waals surface area (Å²) in [6, 6.07) is 13.6. The van der Waals surface area contributed by atoms with E-state index in [-0.39, 0.29) is 17.5 Å². The number of hydrogen-bond donors (Lipinski definition) is 1. The van der Waals surface area contributed by atoms with Gasteiger partial charge in [0, 0.05) is 17.8 Å². The molecule has 7 nitrogen and oxygen atoms in total. The Bertz CT molecular complexity index is 1290. The molecular formula is C24H23FN4O3S. The van der Waals surface area contributed by atoms with Crippen LogP contribution < -0.4 is 14.8 Å². The van der Waals surface area contributed by atoms with E-state index in [2.05, 4.69) is 15.4 Å². The summed E-state index contributed by atoms with van der Waals surface area (Å²) in [6.07, 6.45) is 1.75. The molecule has 0 spiro atoms. The number of fused-ring (bicyclic) bond motifs is 1. The molecule has 2 aromatic heterocycles. The van der Waals surface area contributed by atoms with Crippen molar-refractivity contribution in [3.63, 3.8) is 0 Å². The number of nitrogens with one attached hydrogen (secondary N) is 1. The standard InChI is InChI=1S/C24H23FN4O3S/c1-15-10-23(33-14-22(30)26-12-16-4-7-18(25)8-5-16)29-24(28-15)19(13-27-29)17-6-9-20(31-2)21(11-17)32-3/h4-11,13H,12,14H2,1-3H3,(H,26,30). The molecule has 170 valence electrons. The lowest BCUT2D eigenvalue weighted by molar-refractivity contribution is -0.118. The van der Waals surface area contributed by atoms with Crippen molar-refractivity contribution in [3.8, 4) is 22.6 Å². The van der Waals surface area contributed by atoms with Crippen molar-refractivity contribution in [3.05, 3.63) is 71.8 Å². The molecule has 0 atom stereocenters. The van der Waals surface area contributed by atoms with Crippen molar-refractivity contribution < 1.29 is 18.7 Å². The number of aryl methyl sites for hydroxylation is 1. The van der Waals surface area contributed by atoms with Crippen LogP contribution in [0.4, 0.5) is 4.39 Å². The number of carbonyl (C=O) groups excluding carboxylic acids is 1. The molecule has 2 heterocycles. The molecule has 33 heavy (non-hydrogen) atoms. The number of aromatic nitrogens is 3. The zero-order valence-electron chi connectivity index (χ0n) is 18.5. The van der Waals surface area contributed by atoms with Crippen LogP contribution in [0.5, 0.6) is 11.5 Å². The molecule has 4 rings (SSSR count). The highest BCUT2D eigenvalue weighted by Gasteiger charge is 2.15. The Kier molecular flexibility index (Phi) is 6.79. The van der Waals surface area contributed by atoms with E-state index in [0.29, 0.717) is 23.7 Å². The van der Waals surface area contributed by atoms with Gasteiger partial charge in [-0.3, -0.25) is 4.79 Å². The minimum atomic E-state index is -0.301. The van der Waals surface area contributed by atoms with Crippen LogP contribution >= 0.6 is 11.8 Å². The molecule has 9 heteroatoms. The molecule has 1 amide bonds. The van der Waals surface area contributed by atoms with Crippen LogP contribution in [0.15, 0.2) is 59.8 Å². The van der Waals surface area contributed by atoms with Crippen LogP contribution in [-0.2, 0) is 11.3 Å². The van der Waals surface area contributed by atoms with Crippen molar-refractivity contribution in [1.82, 2.24) is 19.9 Å². The van der Waals surface area contributed by atoms with Gasteiger partial charge in [0.2, 0.25) is 5.91 Å². The third-order valence-corrected chi connectivity index (χ3v) is 6.01. The third-order valence-electron chi connectivity index (χ3n) is 5.02. The van der Waals surface area contributed by atoms with E-state index in [0.717, 1.165) is 27.4 Å². The summed E-state index contributed by atoms with van der Waals surface area (Å²) in [6.45, 7) is 2.25. The minimum Gasteiger partial charge on any atom is -0.493 e. The van der Waals surface area contributed by atoms with Crippen molar-refractivity contribution >= 4 is 23.3 Å². The minimum absolute atomic E-state index is 0.126. The van der Waals surface area contributed by atoms with Gasteiger partial charge in [0.25, 0.3) is 0 Å². The maximum Gasteiger partial charge on any atom is 0.230 e. The summed E-state index contributed by atoms with van der Waals surface area (Å²) in [5.74, 6) is 1.05. The largest absolute Gasteiger partial charge is 0.493 e. The lowest BCUT2D eigenvalue weighted by Gasteiger charge is -2.10. The van der Waals surface area contributed by atoms with Crippen LogP contribution in [-0.4, -0.2) is 40.5 Å². The van der Waals surface area contributed by atoms with E-state index in [1.165, 1.54) is 23.9 Å². The Hall–Kier alpha value is -3.59. The molecular weight excluding hydrogens is 443 g/mol. The molecule has 1 N–H and O–H groups in total. The number of amides is 1. The number of carbonyl (C=O) groups is 1. The lowest BCUT2D eigenvalue weighted by Crippen LogP contribution is -2.24. The number of halogens is 1. The first-order chi connectivity index (χ1) is 16.0. The van der Waals surface area contributed by atoms with E-state index in [4.69, 9.17) is 9.47 Å². The first-order valence-electron chi connectivity index (χ1n) is 10.2. The topological polar surface area (TPSA) is 77.8 Å². The van der Waals surface area contributed by atoms with Crippen LogP contribution in [0, 0.1) is 12.7 Å². The number of benzene rings is 2. The molecule has 0 fully saturated rings. The molecule has 0 bridgehead atoms. The van der Waals surface area contributed by atoms with E-state index < -0.39 is 0 Å². The Morgan fingerprint density at radius 2 is 1.85 bits per heavy atom. The summed E-state index contributed by atoms with van der Waals surface area (Å²) in [7, 11) is 3.19. The van der Waals surface area contributed by atoms with Crippen molar-refractivity contribution in [2.75, 3.05) is 20.0 Å². The average Bonchev–Trinajstić information content (AvgIpc) is 3.25. The van der Waals surface area contributed by atoms with Gasteiger partial charge in [-0.15, -0.1) is 0 Å². The third kappa shape index (κ3) is 5.09. The fraction of sp³-hybridized carbons (Fsp3) is 0.208. The lowest BCUT2D eigenvalue weighted by atomic mass is 10.1. The number of hydrogen-bond acceptors (Lipinski definition) is 6. The molecule has 0 aliphatic rings. The fourth-order valence-electron chi connectivity index (χ4n) is 3.35. The van der Waals surface area contributed by atoms with Crippen LogP contribution in [0.2, 0.25) is 0 Å². The van der Waals surface area contributed by atoms with Gasteiger partial charge in [-0.05, 0) is 48.4 Å². The first-order valence-corrected chi connectivity index (χ1v) is 11.2. The van der Waals surface area contributed by atoms with Gasteiger partial charge in [-0.25, -0.2) is 13.9 Å². The van der Waals surface area contributed by atoms with Gasteiger partial charge in [0.1, 0.15) is 10.8 Å².